The Kier molecular flexibility index (Phi) is 5.72. The first-order chi connectivity index (χ1) is 8.50. The molecule has 2 atom stereocenters. The molecule has 0 saturated heterocycles. The second kappa shape index (κ2) is 6.83. The molecule has 4 heteroatoms. The van der Waals surface area contributed by atoms with Crippen molar-refractivity contribution in [1.29, 1.82) is 0 Å². The van der Waals surface area contributed by atoms with Crippen LogP contribution < -0.4 is 5.14 Å². The Bertz CT molecular complexity index is 428. The van der Waals surface area contributed by atoms with Crippen LogP contribution in [0.15, 0.2) is 35.2 Å². The van der Waals surface area contributed by atoms with E-state index in [1.165, 1.54) is 0 Å². The van der Waals surface area contributed by atoms with Gasteiger partial charge in [0.2, 0.25) is 0 Å². The normalized spacial score (nSPS) is 16.7. The van der Waals surface area contributed by atoms with Crippen molar-refractivity contribution in [3.63, 3.8) is 0 Å². The van der Waals surface area contributed by atoms with Gasteiger partial charge in [-0.25, -0.2) is 9.35 Å². The minimum Gasteiger partial charge on any atom is -0.374 e. The molecule has 1 rings (SSSR count). The number of nitrogens with two attached hydrogens (primary N) is 1. The van der Waals surface area contributed by atoms with Gasteiger partial charge in [-0.3, -0.25) is 0 Å². The summed E-state index contributed by atoms with van der Waals surface area (Å²) in [6.07, 6.45) is 6.12. The Balaban J connectivity index is 2.80. The van der Waals surface area contributed by atoms with Crippen LogP contribution in [-0.4, -0.2) is 16.9 Å². The molecule has 0 aromatic heterocycles. The largest absolute Gasteiger partial charge is 0.374 e. The van der Waals surface area contributed by atoms with Crippen LogP contribution in [0, 0.1) is 0 Å². The van der Waals surface area contributed by atoms with Crippen LogP contribution in [0.5, 0.6) is 0 Å². The first-order valence-corrected chi connectivity index (χ1v) is 7.22. The maximum absolute atomic E-state index is 11.1. The third kappa shape index (κ3) is 4.37. The minimum atomic E-state index is -1.41. The van der Waals surface area contributed by atoms with E-state index in [1.807, 2.05) is 18.2 Å². The van der Waals surface area contributed by atoms with Crippen molar-refractivity contribution in [1.82, 2.24) is 0 Å². The maximum atomic E-state index is 11.1. The van der Waals surface area contributed by atoms with Crippen molar-refractivity contribution in [3.8, 4) is 0 Å². The van der Waals surface area contributed by atoms with Crippen molar-refractivity contribution in [2.45, 2.75) is 37.2 Å². The van der Waals surface area contributed by atoms with Crippen LogP contribution >= 0.6 is 0 Å². The summed E-state index contributed by atoms with van der Waals surface area (Å²) in [5, 5.41) is 5.30. The number of hydrogen-bond acceptors (Lipinski definition) is 2. The Hall–Kier alpha value is -0.970. The molecule has 3 nitrogen and oxygen atoms in total. The molecular formula is C14H21NO2S. The molecule has 1 unspecified atom stereocenters. The zero-order valence-electron chi connectivity index (χ0n) is 11.2. The first-order valence-electron chi connectivity index (χ1n) is 6.01. The van der Waals surface area contributed by atoms with E-state index in [1.54, 1.807) is 19.2 Å². The van der Waals surface area contributed by atoms with Gasteiger partial charge in [0.15, 0.2) is 0 Å². The number of methoxy groups -OCH3 is 1. The van der Waals surface area contributed by atoms with E-state index in [9.17, 15) is 4.21 Å². The lowest BCUT2D eigenvalue weighted by Gasteiger charge is -2.23. The first kappa shape index (κ1) is 15.1. The Labute approximate surface area is 112 Å². The average molecular weight is 267 g/mol. The number of ether oxygens (including phenoxy) is 1. The molecule has 100 valence electrons. The molecule has 0 bridgehead atoms. The monoisotopic (exact) mass is 267 g/mol. The average Bonchev–Trinajstić information content (AvgIpc) is 2.37. The molecule has 0 spiro atoms. The molecule has 1 aromatic rings. The van der Waals surface area contributed by atoms with Gasteiger partial charge < -0.3 is 4.74 Å². The molecule has 0 aliphatic carbocycles. The highest BCUT2D eigenvalue weighted by Crippen LogP contribution is 2.20. The van der Waals surface area contributed by atoms with E-state index in [0.717, 1.165) is 18.4 Å². The van der Waals surface area contributed by atoms with Crippen LogP contribution in [0.2, 0.25) is 0 Å². The van der Waals surface area contributed by atoms with E-state index in [2.05, 4.69) is 19.9 Å². The summed E-state index contributed by atoms with van der Waals surface area (Å²) in [4.78, 5) is 0.634. The lowest BCUT2D eigenvalue weighted by atomic mass is 9.98. The van der Waals surface area contributed by atoms with Gasteiger partial charge in [-0.15, -0.1) is 0 Å². The molecule has 0 aliphatic rings. The molecule has 1 aromatic carbocycles. The highest BCUT2D eigenvalue weighted by atomic mass is 32.2. The highest BCUT2D eigenvalue weighted by molar-refractivity contribution is 7.82. The summed E-state index contributed by atoms with van der Waals surface area (Å²) in [5.41, 5.74) is 0.813. The Morgan fingerprint density at radius 2 is 2.00 bits per heavy atom. The third-order valence-electron chi connectivity index (χ3n) is 2.95. The molecule has 2 N–H and O–H groups in total. The van der Waals surface area contributed by atoms with Crippen LogP contribution in [0.3, 0.4) is 0 Å². The topological polar surface area (TPSA) is 52.3 Å². The van der Waals surface area contributed by atoms with E-state index < -0.39 is 11.0 Å². The molecule has 0 aliphatic heterocycles. The summed E-state index contributed by atoms with van der Waals surface area (Å²) in [6.45, 7) is 4.20. The van der Waals surface area contributed by atoms with E-state index in [-0.39, 0.29) is 5.60 Å². The molecular weight excluding hydrogens is 246 g/mol. The van der Waals surface area contributed by atoms with Gasteiger partial charge in [-0.2, -0.15) is 0 Å². The predicted octanol–water partition coefficient (Wildman–Crippen LogP) is 2.89. The van der Waals surface area contributed by atoms with Crippen molar-refractivity contribution in [2.75, 3.05) is 7.11 Å². The molecule has 0 heterocycles. The molecule has 18 heavy (non-hydrogen) atoms. The molecule has 0 radical (unpaired) electrons. The predicted molar refractivity (Wildman–Crippen MR) is 76.4 cm³/mol. The summed E-state index contributed by atoms with van der Waals surface area (Å²) in [5.74, 6) is 0. The molecule has 0 fully saturated rings. The maximum Gasteiger partial charge on any atom is 0.122 e. The van der Waals surface area contributed by atoms with E-state index >= 15 is 0 Å². The van der Waals surface area contributed by atoms with Crippen LogP contribution in [0.25, 0.3) is 6.08 Å². The van der Waals surface area contributed by atoms with Gasteiger partial charge >= 0.3 is 0 Å². The fraction of sp³-hybridized carbons (Fsp3) is 0.429. The SMILES string of the molecule is CCC[C@@](C)(/C=C/c1ccc(S(N)=O)cc1)OC. The van der Waals surface area contributed by atoms with Gasteiger partial charge in [0, 0.05) is 7.11 Å². The summed E-state index contributed by atoms with van der Waals surface area (Å²) < 4.78 is 16.6. The van der Waals surface area contributed by atoms with Gasteiger partial charge in [-0.1, -0.05) is 37.6 Å². The Morgan fingerprint density at radius 3 is 2.44 bits per heavy atom. The van der Waals surface area contributed by atoms with Gasteiger partial charge in [0.05, 0.1) is 10.5 Å². The van der Waals surface area contributed by atoms with Crippen LogP contribution in [0.4, 0.5) is 0 Å². The van der Waals surface area contributed by atoms with Crippen molar-refractivity contribution in [2.24, 2.45) is 5.14 Å². The number of rotatable bonds is 6. The lowest BCUT2D eigenvalue weighted by molar-refractivity contribution is 0.0415. The molecule has 0 amide bonds. The van der Waals surface area contributed by atoms with Crippen molar-refractivity contribution in [3.05, 3.63) is 35.9 Å². The van der Waals surface area contributed by atoms with Crippen LogP contribution in [-0.2, 0) is 15.7 Å². The van der Waals surface area contributed by atoms with Crippen molar-refractivity contribution >= 4 is 17.1 Å². The van der Waals surface area contributed by atoms with Crippen LogP contribution in [0.1, 0.15) is 32.3 Å². The summed E-state index contributed by atoms with van der Waals surface area (Å²) >= 11 is 0. The fourth-order valence-corrected chi connectivity index (χ4v) is 2.14. The second-order valence-corrected chi connectivity index (χ2v) is 5.53. The lowest BCUT2D eigenvalue weighted by Crippen LogP contribution is -2.23. The number of benzene rings is 1. The quantitative estimate of drug-likeness (QED) is 0.861. The van der Waals surface area contributed by atoms with Crippen molar-refractivity contribution < 1.29 is 8.95 Å². The third-order valence-corrected chi connectivity index (χ3v) is 3.69. The van der Waals surface area contributed by atoms with E-state index in [4.69, 9.17) is 9.88 Å². The van der Waals surface area contributed by atoms with E-state index in [0.29, 0.717) is 4.90 Å². The summed E-state index contributed by atoms with van der Waals surface area (Å²) in [6, 6.07) is 7.36. The zero-order chi connectivity index (χ0) is 13.6. The highest BCUT2D eigenvalue weighted by Gasteiger charge is 2.17. The number of hydrogen-bond donors (Lipinski definition) is 1. The van der Waals surface area contributed by atoms with Gasteiger partial charge in [0.1, 0.15) is 11.0 Å². The zero-order valence-corrected chi connectivity index (χ0v) is 12.0. The smallest absolute Gasteiger partial charge is 0.122 e. The fourth-order valence-electron chi connectivity index (χ4n) is 1.74. The Morgan fingerprint density at radius 1 is 1.39 bits per heavy atom. The standard InChI is InChI=1S/C14H21NO2S/c1-4-10-14(2,17-3)11-9-12-5-7-13(8-6-12)18(15)16/h5-9,11H,4,10,15H2,1-3H3/b11-9+/t14-,18?/m0/s1. The van der Waals surface area contributed by atoms with Gasteiger partial charge in [0.25, 0.3) is 0 Å². The summed E-state index contributed by atoms with van der Waals surface area (Å²) in [7, 11) is 0.311. The van der Waals surface area contributed by atoms with Gasteiger partial charge in [-0.05, 0) is 31.0 Å². The molecule has 0 saturated carbocycles. The minimum absolute atomic E-state index is 0.232. The second-order valence-electron chi connectivity index (χ2n) is 4.47.